The van der Waals surface area contributed by atoms with Crippen LogP contribution in [-0.4, -0.2) is 115 Å². The molecule has 22 heteroatoms. The zero-order valence-electron chi connectivity index (χ0n) is 38.0. The van der Waals surface area contributed by atoms with Gasteiger partial charge in [-0.15, -0.1) is 0 Å². The molecule has 0 saturated heterocycles. The summed E-state index contributed by atoms with van der Waals surface area (Å²) in [7, 11) is 5.88. The normalized spacial score (nSPS) is 12.3. The van der Waals surface area contributed by atoms with Gasteiger partial charge in [0, 0.05) is 116 Å². The van der Waals surface area contributed by atoms with Crippen molar-refractivity contribution in [2.75, 3.05) is 76.2 Å². The number of hydrogen-bond donors (Lipinski definition) is 2. The van der Waals surface area contributed by atoms with Gasteiger partial charge in [0.25, 0.3) is 22.5 Å². The lowest BCUT2D eigenvalue weighted by atomic mass is 9.97. The topological polar surface area (TPSA) is 257 Å². The minimum absolute atomic E-state index is 0.00396. The third-order valence-electron chi connectivity index (χ3n) is 11.3. The van der Waals surface area contributed by atoms with Crippen LogP contribution in [0.2, 0.25) is 0 Å². The highest BCUT2D eigenvalue weighted by atomic mass is 16.6. The Morgan fingerprint density at radius 2 is 0.939 bits per heavy atom. The fourth-order valence-corrected chi connectivity index (χ4v) is 6.88. The number of anilines is 2. The Hall–Kier alpha value is -7.20. The first-order chi connectivity index (χ1) is 31.4. The van der Waals surface area contributed by atoms with Crippen LogP contribution >= 0.6 is 0 Å². The first kappa shape index (κ1) is 51.4. The molecule has 0 bridgehead atoms. The summed E-state index contributed by atoms with van der Waals surface area (Å²) in [6, 6.07) is 15.4. The van der Waals surface area contributed by atoms with E-state index in [0.29, 0.717) is 76.8 Å². The largest absolute Gasteiger partial charge is 0.461 e. The average molecular weight is 919 g/mol. The maximum absolute atomic E-state index is 12.7. The molecule has 0 fully saturated rings. The molecule has 22 nitrogen and oxygen atoms in total. The molecule has 2 unspecified atom stereocenters. The summed E-state index contributed by atoms with van der Waals surface area (Å²) < 4.78 is 15.5. The summed E-state index contributed by atoms with van der Waals surface area (Å²) in [5.41, 5.74) is -0.0416. The number of nitro benzene ring substituents is 2. The van der Waals surface area contributed by atoms with Crippen LogP contribution < -0.4 is 33.1 Å². The van der Waals surface area contributed by atoms with Crippen molar-refractivity contribution in [2.45, 2.75) is 38.5 Å². The maximum atomic E-state index is 12.7. The van der Waals surface area contributed by atoms with E-state index in [9.17, 15) is 49.0 Å². The Bertz CT molecular complexity index is 2410. The van der Waals surface area contributed by atoms with Crippen molar-refractivity contribution in [3.05, 3.63) is 146 Å². The van der Waals surface area contributed by atoms with Crippen molar-refractivity contribution in [1.82, 2.24) is 28.1 Å². The highest BCUT2D eigenvalue weighted by molar-refractivity contribution is 5.91. The van der Waals surface area contributed by atoms with Gasteiger partial charge in [0.05, 0.1) is 9.85 Å². The van der Waals surface area contributed by atoms with Crippen molar-refractivity contribution in [2.24, 2.45) is 28.2 Å². The lowest BCUT2D eigenvalue weighted by molar-refractivity contribution is -0.385. The number of carbonyl (C=O) groups excluding carboxylic acids is 2. The minimum Gasteiger partial charge on any atom is -0.461 e. The van der Waals surface area contributed by atoms with Crippen LogP contribution in [0.4, 0.5) is 23.0 Å². The molecule has 0 aliphatic heterocycles. The number of hydrogen-bond acceptors (Lipinski definition) is 16. The molecule has 2 heterocycles. The second-order valence-corrected chi connectivity index (χ2v) is 15.8. The SMILES string of the molecule is CC(CCN(CCNc1cc(=O)n(C)c(=O)n1C)CCOC(=O)/C=C/C(=O)OCCN(CCNc1cc(=O)n(C)c(=O)n1C)CCC(C)c1ccc([N+](=O)[O-])cc1)c1ccc([N+](=O)[O-])cc1. The molecule has 4 aromatic rings. The Morgan fingerprint density at radius 3 is 1.27 bits per heavy atom. The fraction of sp³-hybridized carbons (Fsp3) is 0.455. The second-order valence-electron chi connectivity index (χ2n) is 15.8. The predicted octanol–water partition coefficient (Wildman–Crippen LogP) is 2.46. The van der Waals surface area contributed by atoms with Crippen LogP contribution in [0, 0.1) is 20.2 Å². The highest BCUT2D eigenvalue weighted by Crippen LogP contribution is 2.23. The highest BCUT2D eigenvalue weighted by Gasteiger charge is 2.16. The first-order valence-corrected chi connectivity index (χ1v) is 21.3. The van der Waals surface area contributed by atoms with Crippen LogP contribution in [0.3, 0.4) is 0 Å². The number of esters is 2. The number of benzene rings is 2. The number of nitro groups is 2. The summed E-state index contributed by atoms with van der Waals surface area (Å²) in [5.74, 6) is -0.775. The van der Waals surface area contributed by atoms with Crippen LogP contribution in [0.25, 0.3) is 0 Å². The summed E-state index contributed by atoms with van der Waals surface area (Å²) >= 11 is 0. The second kappa shape index (κ2) is 24.8. The number of carbonyl (C=O) groups is 2. The zero-order chi connectivity index (χ0) is 48.5. The maximum Gasteiger partial charge on any atom is 0.332 e. The molecule has 0 saturated carbocycles. The van der Waals surface area contributed by atoms with Gasteiger partial charge in [0.15, 0.2) is 0 Å². The molecular weight excluding hydrogens is 861 g/mol. The number of rotatable bonds is 26. The van der Waals surface area contributed by atoms with Crippen LogP contribution in [0.1, 0.15) is 49.7 Å². The van der Waals surface area contributed by atoms with Crippen molar-refractivity contribution in [3.63, 3.8) is 0 Å². The summed E-state index contributed by atoms with van der Waals surface area (Å²) in [4.78, 5) is 99.9. The number of nitrogens with one attached hydrogen (secondary N) is 2. The van der Waals surface area contributed by atoms with Gasteiger partial charge in [-0.25, -0.2) is 19.2 Å². The molecule has 66 heavy (non-hydrogen) atoms. The van der Waals surface area contributed by atoms with Crippen LogP contribution in [-0.2, 0) is 47.3 Å². The number of aromatic nitrogens is 4. The van der Waals surface area contributed by atoms with E-state index in [-0.39, 0.29) is 36.4 Å². The Labute approximate surface area is 380 Å². The van der Waals surface area contributed by atoms with E-state index in [2.05, 4.69) is 10.6 Å². The summed E-state index contributed by atoms with van der Waals surface area (Å²) in [6.07, 6.45) is 3.26. The van der Waals surface area contributed by atoms with Gasteiger partial charge >= 0.3 is 23.3 Å². The number of non-ortho nitro benzene ring substituents is 2. The molecule has 2 aromatic heterocycles. The molecule has 2 aromatic carbocycles. The van der Waals surface area contributed by atoms with Gasteiger partial charge in [0.1, 0.15) is 24.8 Å². The fourth-order valence-electron chi connectivity index (χ4n) is 6.88. The Morgan fingerprint density at radius 1 is 0.591 bits per heavy atom. The third-order valence-corrected chi connectivity index (χ3v) is 11.3. The van der Waals surface area contributed by atoms with Crippen molar-refractivity contribution in [1.29, 1.82) is 0 Å². The van der Waals surface area contributed by atoms with Gasteiger partial charge in [-0.05, 0) is 48.9 Å². The molecule has 356 valence electrons. The van der Waals surface area contributed by atoms with Crippen molar-refractivity contribution < 1.29 is 28.9 Å². The monoisotopic (exact) mass is 918 g/mol. The van der Waals surface area contributed by atoms with Crippen LogP contribution in [0.15, 0.2) is 92.0 Å². The third kappa shape index (κ3) is 15.2. The van der Waals surface area contributed by atoms with E-state index in [1.807, 2.05) is 23.6 Å². The number of ether oxygens (including phenoxy) is 2. The molecular formula is C44H58N10O12. The van der Waals surface area contributed by atoms with Gasteiger partial charge in [-0.2, -0.15) is 0 Å². The van der Waals surface area contributed by atoms with E-state index >= 15 is 0 Å². The average Bonchev–Trinajstić information content (AvgIpc) is 3.30. The van der Waals surface area contributed by atoms with E-state index in [4.69, 9.17) is 9.47 Å². The molecule has 0 spiro atoms. The van der Waals surface area contributed by atoms with Gasteiger partial charge in [0.2, 0.25) is 0 Å². The van der Waals surface area contributed by atoms with Gasteiger partial charge in [-0.1, -0.05) is 38.1 Å². The molecule has 2 N–H and O–H groups in total. The van der Waals surface area contributed by atoms with E-state index < -0.39 is 44.3 Å². The molecule has 2 atom stereocenters. The summed E-state index contributed by atoms with van der Waals surface area (Å²) in [6.45, 7) is 7.20. The molecule has 0 aliphatic rings. The quantitative estimate of drug-likeness (QED) is 0.0397. The Balaban J connectivity index is 1.30. The zero-order valence-corrected chi connectivity index (χ0v) is 38.0. The molecule has 4 rings (SSSR count). The van der Waals surface area contributed by atoms with E-state index in [1.54, 1.807) is 38.4 Å². The first-order valence-electron chi connectivity index (χ1n) is 21.3. The lowest BCUT2D eigenvalue weighted by Crippen LogP contribution is -2.38. The molecule has 0 aliphatic carbocycles. The van der Waals surface area contributed by atoms with Crippen molar-refractivity contribution in [3.8, 4) is 0 Å². The molecule has 0 amide bonds. The standard InChI is InChI=1S/C44H58N10O12/c1-31(33-7-11-35(12-8-33)53(61)62)17-21-51(23-19-45-37-29-39(55)49(5)43(59)47(37)3)25-27-65-41(57)15-16-42(58)66-28-26-52(22-18-32(2)34-9-13-36(14-10-34)54(63)64)24-20-46-38-30-40(56)50(6)44(60)48(38)4/h7-16,29-32,45-46H,17-28H2,1-6H3/b16-15+. The van der Waals surface area contributed by atoms with Crippen LogP contribution in [0.5, 0.6) is 0 Å². The Kier molecular flexibility index (Phi) is 19.3. The molecule has 0 radical (unpaired) electrons. The predicted molar refractivity (Wildman–Crippen MR) is 247 cm³/mol. The van der Waals surface area contributed by atoms with Crippen molar-refractivity contribution >= 4 is 34.9 Å². The van der Waals surface area contributed by atoms with E-state index in [0.717, 1.165) is 32.4 Å². The minimum atomic E-state index is -0.766. The smallest absolute Gasteiger partial charge is 0.332 e. The van der Waals surface area contributed by atoms with Gasteiger partial charge in [-0.3, -0.25) is 57.9 Å². The summed E-state index contributed by atoms with van der Waals surface area (Å²) in [5, 5.41) is 28.5. The lowest BCUT2D eigenvalue weighted by Gasteiger charge is -2.24. The van der Waals surface area contributed by atoms with Gasteiger partial charge < -0.3 is 20.1 Å². The number of nitrogens with zero attached hydrogens (tertiary/aromatic N) is 8. The van der Waals surface area contributed by atoms with E-state index in [1.165, 1.54) is 59.6 Å².